The number of ether oxygens (including phenoxy) is 1. The van der Waals surface area contributed by atoms with Gasteiger partial charge in [-0.25, -0.2) is 0 Å². The number of hydrogen-bond acceptors (Lipinski definition) is 3. The lowest BCUT2D eigenvalue weighted by Crippen LogP contribution is -2.46. The first-order valence-corrected chi connectivity index (χ1v) is 5.90. The topological polar surface area (TPSA) is 82.6 Å². The molecule has 1 atom stereocenters. The molecule has 1 aliphatic rings. The highest BCUT2D eigenvalue weighted by atomic mass is 35.5. The van der Waals surface area contributed by atoms with Crippen molar-refractivity contribution in [3.05, 3.63) is 23.0 Å². The molecule has 0 spiro atoms. The van der Waals surface area contributed by atoms with Gasteiger partial charge in [0, 0.05) is 19.3 Å². The molecule has 7 heteroatoms. The Morgan fingerprint density at radius 1 is 1.61 bits per heavy atom. The summed E-state index contributed by atoms with van der Waals surface area (Å²) < 4.78 is 5.30. The first-order valence-electron chi connectivity index (χ1n) is 5.53. The van der Waals surface area contributed by atoms with Crippen LogP contribution in [-0.4, -0.2) is 52.7 Å². The van der Waals surface area contributed by atoms with Gasteiger partial charge in [0.25, 0.3) is 5.91 Å². The van der Waals surface area contributed by atoms with Gasteiger partial charge in [0.05, 0.1) is 24.2 Å². The van der Waals surface area contributed by atoms with Crippen molar-refractivity contribution in [3.63, 3.8) is 0 Å². The zero-order chi connectivity index (χ0) is 13.1. The average molecular weight is 273 g/mol. The molecule has 6 nitrogen and oxygen atoms in total. The molecule has 0 radical (unpaired) electrons. The van der Waals surface area contributed by atoms with Gasteiger partial charge in [-0.3, -0.25) is 9.59 Å². The Kier molecular flexibility index (Phi) is 3.88. The van der Waals surface area contributed by atoms with Gasteiger partial charge >= 0.3 is 5.97 Å². The summed E-state index contributed by atoms with van der Waals surface area (Å²) in [5.41, 5.74) is 0.399. The minimum absolute atomic E-state index is 0.102. The molecular weight excluding hydrogens is 260 g/mol. The minimum atomic E-state index is -0.933. The number of hydrogen-bond donors (Lipinski definition) is 2. The Balaban J connectivity index is 2.00. The number of carboxylic acids is 1. The van der Waals surface area contributed by atoms with Gasteiger partial charge in [-0.1, -0.05) is 11.6 Å². The van der Waals surface area contributed by atoms with Crippen molar-refractivity contribution in [1.82, 2.24) is 9.88 Å². The lowest BCUT2D eigenvalue weighted by atomic mass is 10.2. The molecule has 0 unspecified atom stereocenters. The number of aromatic nitrogens is 1. The van der Waals surface area contributed by atoms with Crippen molar-refractivity contribution >= 4 is 23.5 Å². The van der Waals surface area contributed by atoms with E-state index in [-0.39, 0.29) is 18.9 Å². The molecule has 18 heavy (non-hydrogen) atoms. The summed E-state index contributed by atoms with van der Waals surface area (Å²) >= 11 is 5.74. The number of amides is 1. The van der Waals surface area contributed by atoms with Gasteiger partial charge in [0.2, 0.25) is 0 Å². The number of aromatic amines is 1. The summed E-state index contributed by atoms with van der Waals surface area (Å²) in [4.78, 5) is 27.0. The van der Waals surface area contributed by atoms with Crippen LogP contribution >= 0.6 is 11.6 Å². The molecule has 1 amide bonds. The highest BCUT2D eigenvalue weighted by molar-refractivity contribution is 6.30. The second-order valence-electron chi connectivity index (χ2n) is 4.07. The standard InChI is InChI=1S/C11H13ClN2O4/c12-7-3-9(13-5-7)11(17)14-1-2-18-8(6-14)4-10(15)16/h3,5,8,13H,1-2,4,6H2,(H,15,16)/t8-/m0/s1. The van der Waals surface area contributed by atoms with E-state index in [0.29, 0.717) is 23.9 Å². The van der Waals surface area contributed by atoms with E-state index in [4.69, 9.17) is 21.4 Å². The van der Waals surface area contributed by atoms with Gasteiger partial charge in [-0.05, 0) is 6.07 Å². The Morgan fingerprint density at radius 2 is 2.39 bits per heavy atom. The van der Waals surface area contributed by atoms with E-state index in [1.165, 1.54) is 6.20 Å². The summed E-state index contributed by atoms with van der Waals surface area (Å²) in [5, 5.41) is 9.17. The van der Waals surface area contributed by atoms with Crippen LogP contribution in [-0.2, 0) is 9.53 Å². The maximum Gasteiger partial charge on any atom is 0.306 e. The minimum Gasteiger partial charge on any atom is -0.481 e. The summed E-state index contributed by atoms with van der Waals surface area (Å²) in [5.74, 6) is -1.13. The number of halogens is 1. The predicted octanol–water partition coefficient (Wildman–Crippen LogP) is 0.984. The van der Waals surface area contributed by atoms with E-state index in [1.807, 2.05) is 0 Å². The predicted molar refractivity (Wildman–Crippen MR) is 63.7 cm³/mol. The van der Waals surface area contributed by atoms with Gasteiger partial charge in [0.1, 0.15) is 5.69 Å². The lowest BCUT2D eigenvalue weighted by Gasteiger charge is -2.32. The molecule has 0 saturated carbocycles. The van der Waals surface area contributed by atoms with Gasteiger partial charge in [0.15, 0.2) is 0 Å². The fourth-order valence-corrected chi connectivity index (χ4v) is 2.05. The highest BCUT2D eigenvalue weighted by Crippen LogP contribution is 2.15. The van der Waals surface area contributed by atoms with Crippen LogP contribution in [0, 0.1) is 0 Å². The molecule has 0 aromatic carbocycles. The number of carboxylic acid groups (broad SMARTS) is 1. The number of nitrogens with one attached hydrogen (secondary N) is 1. The molecule has 98 valence electrons. The molecule has 1 aliphatic heterocycles. The summed E-state index contributed by atoms with van der Waals surface area (Å²) in [6.45, 7) is 1.07. The normalized spacial score (nSPS) is 19.8. The second kappa shape index (κ2) is 5.41. The summed E-state index contributed by atoms with van der Waals surface area (Å²) in [6, 6.07) is 1.55. The van der Waals surface area contributed by atoms with E-state index in [0.717, 1.165) is 0 Å². The number of rotatable bonds is 3. The number of morpholine rings is 1. The maximum atomic E-state index is 12.1. The van der Waals surface area contributed by atoms with Crippen LogP contribution in [0.3, 0.4) is 0 Å². The Labute approximate surface area is 108 Å². The monoisotopic (exact) mass is 272 g/mol. The van der Waals surface area contributed by atoms with Crippen molar-refractivity contribution in [1.29, 1.82) is 0 Å². The van der Waals surface area contributed by atoms with E-state index in [9.17, 15) is 9.59 Å². The fraction of sp³-hybridized carbons (Fsp3) is 0.455. The molecule has 1 fully saturated rings. The van der Waals surface area contributed by atoms with Crippen LogP contribution in [0.2, 0.25) is 5.02 Å². The molecular formula is C11H13ClN2O4. The van der Waals surface area contributed by atoms with Crippen LogP contribution in [0.1, 0.15) is 16.9 Å². The fourth-order valence-electron chi connectivity index (χ4n) is 1.88. The zero-order valence-corrected chi connectivity index (χ0v) is 10.3. The highest BCUT2D eigenvalue weighted by Gasteiger charge is 2.27. The third-order valence-corrected chi connectivity index (χ3v) is 2.92. The van der Waals surface area contributed by atoms with Crippen molar-refractivity contribution < 1.29 is 19.4 Å². The molecule has 2 N–H and O–H groups in total. The molecule has 1 aromatic rings. The van der Waals surface area contributed by atoms with Crippen LogP contribution in [0.5, 0.6) is 0 Å². The number of carbonyl (C=O) groups excluding carboxylic acids is 1. The zero-order valence-electron chi connectivity index (χ0n) is 9.56. The van der Waals surface area contributed by atoms with Gasteiger partial charge in [-0.15, -0.1) is 0 Å². The molecule has 1 saturated heterocycles. The SMILES string of the molecule is O=C(O)C[C@H]1CN(C(=O)c2cc(Cl)c[nH]2)CCO1. The van der Waals surface area contributed by atoms with E-state index in [1.54, 1.807) is 11.0 Å². The summed E-state index contributed by atoms with van der Waals surface area (Å²) in [6.07, 6.45) is 0.977. The van der Waals surface area contributed by atoms with Crippen LogP contribution in [0.25, 0.3) is 0 Å². The number of carbonyl (C=O) groups is 2. The maximum absolute atomic E-state index is 12.1. The van der Waals surface area contributed by atoms with Gasteiger partial charge < -0.3 is 19.7 Å². The molecule has 0 bridgehead atoms. The van der Waals surface area contributed by atoms with Crippen LogP contribution in [0.15, 0.2) is 12.3 Å². The van der Waals surface area contributed by atoms with Crippen molar-refractivity contribution in [2.45, 2.75) is 12.5 Å². The third-order valence-electron chi connectivity index (χ3n) is 2.71. The summed E-state index contributed by atoms with van der Waals surface area (Å²) in [7, 11) is 0. The number of H-pyrrole nitrogens is 1. The van der Waals surface area contributed by atoms with Crippen molar-refractivity contribution in [3.8, 4) is 0 Å². The quantitative estimate of drug-likeness (QED) is 0.859. The third kappa shape index (κ3) is 3.02. The molecule has 2 heterocycles. The van der Waals surface area contributed by atoms with E-state index < -0.39 is 12.1 Å². The second-order valence-corrected chi connectivity index (χ2v) is 4.51. The smallest absolute Gasteiger partial charge is 0.306 e. The average Bonchev–Trinajstić information content (AvgIpc) is 2.74. The van der Waals surface area contributed by atoms with Crippen molar-refractivity contribution in [2.75, 3.05) is 19.7 Å². The Hall–Kier alpha value is -1.53. The molecule has 2 rings (SSSR count). The number of nitrogens with zero attached hydrogens (tertiary/aromatic N) is 1. The van der Waals surface area contributed by atoms with Crippen LogP contribution in [0.4, 0.5) is 0 Å². The van der Waals surface area contributed by atoms with Crippen LogP contribution < -0.4 is 0 Å². The molecule has 1 aromatic heterocycles. The molecule has 0 aliphatic carbocycles. The van der Waals surface area contributed by atoms with Crippen molar-refractivity contribution in [2.24, 2.45) is 0 Å². The first-order chi connectivity index (χ1) is 8.56. The van der Waals surface area contributed by atoms with E-state index >= 15 is 0 Å². The largest absolute Gasteiger partial charge is 0.481 e. The number of aliphatic carboxylic acids is 1. The first kappa shape index (κ1) is 12.9. The van der Waals surface area contributed by atoms with E-state index in [2.05, 4.69) is 4.98 Å². The van der Waals surface area contributed by atoms with Gasteiger partial charge in [-0.2, -0.15) is 0 Å². The lowest BCUT2D eigenvalue weighted by molar-refractivity contribution is -0.141. The Morgan fingerprint density at radius 3 is 3.00 bits per heavy atom. The Bertz CT molecular complexity index is 460.